The molecule has 3 aromatic rings. The van der Waals surface area contributed by atoms with Crippen molar-refractivity contribution in [1.29, 1.82) is 0 Å². The van der Waals surface area contributed by atoms with Crippen molar-refractivity contribution in [2.24, 2.45) is 5.41 Å². The Bertz CT molecular complexity index is 1130. The van der Waals surface area contributed by atoms with Crippen LogP contribution in [0.3, 0.4) is 0 Å². The highest BCUT2D eigenvalue weighted by atomic mass is 35.5. The van der Waals surface area contributed by atoms with E-state index in [-0.39, 0.29) is 17.5 Å². The number of ether oxygens (including phenoxy) is 1. The third kappa shape index (κ3) is 3.24. The lowest BCUT2D eigenvalue weighted by Gasteiger charge is -2.33. The maximum atomic E-state index is 13.6. The van der Waals surface area contributed by atoms with Gasteiger partial charge in [-0.1, -0.05) is 41.9 Å². The van der Waals surface area contributed by atoms with Crippen LogP contribution in [-0.2, 0) is 16.1 Å². The molecule has 1 aromatic heterocycles. The van der Waals surface area contributed by atoms with Gasteiger partial charge in [0.25, 0.3) is 0 Å². The first-order valence-electron chi connectivity index (χ1n) is 10.1. The lowest BCUT2D eigenvalue weighted by molar-refractivity contribution is -0.133. The molecule has 0 bridgehead atoms. The van der Waals surface area contributed by atoms with Crippen LogP contribution in [0.4, 0.5) is 4.39 Å². The quantitative estimate of drug-likeness (QED) is 0.613. The predicted molar refractivity (Wildman–Crippen MR) is 112 cm³/mol. The van der Waals surface area contributed by atoms with Gasteiger partial charge in [0.2, 0.25) is 5.91 Å². The Morgan fingerprint density at radius 1 is 1.26 bits per heavy atom. The SMILES string of the molecule is O=C1N[C@H](c2nccn2-c2ccc(F)c(Cl)c2)[C@@](O)(COCc2ccccc2)C12CC2. The van der Waals surface area contributed by atoms with E-state index >= 15 is 0 Å². The number of nitrogens with one attached hydrogen (secondary N) is 1. The molecule has 1 saturated carbocycles. The Labute approximate surface area is 183 Å². The average molecular weight is 442 g/mol. The second kappa shape index (κ2) is 7.44. The zero-order chi connectivity index (χ0) is 21.6. The van der Waals surface area contributed by atoms with Crippen LogP contribution in [0.5, 0.6) is 0 Å². The number of hydrogen-bond donors (Lipinski definition) is 2. The molecule has 1 aliphatic heterocycles. The van der Waals surface area contributed by atoms with E-state index in [2.05, 4.69) is 10.3 Å². The zero-order valence-corrected chi connectivity index (χ0v) is 17.3. The van der Waals surface area contributed by atoms with Gasteiger partial charge in [0.15, 0.2) is 0 Å². The third-order valence-electron chi connectivity index (χ3n) is 6.31. The molecule has 5 rings (SSSR count). The molecule has 1 spiro atoms. The van der Waals surface area contributed by atoms with E-state index in [4.69, 9.17) is 16.3 Å². The molecule has 0 unspecified atom stereocenters. The van der Waals surface area contributed by atoms with Crippen LogP contribution in [-0.4, -0.2) is 32.8 Å². The number of amides is 1. The molecule has 1 saturated heterocycles. The van der Waals surface area contributed by atoms with Gasteiger partial charge < -0.3 is 19.7 Å². The van der Waals surface area contributed by atoms with Gasteiger partial charge in [0, 0.05) is 18.1 Å². The van der Waals surface area contributed by atoms with E-state index in [0.29, 0.717) is 31.0 Å². The highest BCUT2D eigenvalue weighted by molar-refractivity contribution is 6.30. The molecule has 1 amide bonds. The Kier molecular flexibility index (Phi) is 4.84. The number of carbonyl (C=O) groups is 1. The van der Waals surface area contributed by atoms with Crippen molar-refractivity contribution in [1.82, 2.24) is 14.9 Å². The third-order valence-corrected chi connectivity index (χ3v) is 6.60. The number of hydrogen-bond acceptors (Lipinski definition) is 4. The van der Waals surface area contributed by atoms with Gasteiger partial charge >= 0.3 is 0 Å². The van der Waals surface area contributed by atoms with Gasteiger partial charge in [0.1, 0.15) is 23.3 Å². The zero-order valence-electron chi connectivity index (χ0n) is 16.6. The molecule has 6 nitrogen and oxygen atoms in total. The Morgan fingerprint density at radius 2 is 2.03 bits per heavy atom. The minimum absolute atomic E-state index is 0.0206. The lowest BCUT2D eigenvalue weighted by Crippen LogP contribution is -2.47. The number of benzene rings is 2. The Morgan fingerprint density at radius 3 is 2.74 bits per heavy atom. The van der Waals surface area contributed by atoms with Crippen LogP contribution in [0.2, 0.25) is 5.02 Å². The second-order valence-electron chi connectivity index (χ2n) is 8.15. The van der Waals surface area contributed by atoms with Crippen LogP contribution < -0.4 is 5.32 Å². The van der Waals surface area contributed by atoms with Gasteiger partial charge in [0.05, 0.1) is 23.7 Å². The van der Waals surface area contributed by atoms with Crippen molar-refractivity contribution in [2.75, 3.05) is 6.61 Å². The standard InChI is InChI=1S/C23H21ClFN3O3/c24-17-12-16(6-7-18(17)25)28-11-10-26-20(28)19-23(30,22(8-9-22)21(29)27-19)14-31-13-15-4-2-1-3-5-15/h1-7,10-12,19,30H,8-9,13-14H2,(H,27,29)/t19-,23+/m1/s1. The van der Waals surface area contributed by atoms with E-state index in [1.54, 1.807) is 23.0 Å². The number of imidazole rings is 1. The molecular weight excluding hydrogens is 421 g/mol. The van der Waals surface area contributed by atoms with Gasteiger partial charge in [-0.2, -0.15) is 0 Å². The van der Waals surface area contributed by atoms with Gasteiger partial charge in [-0.05, 0) is 36.6 Å². The second-order valence-corrected chi connectivity index (χ2v) is 8.55. The molecule has 31 heavy (non-hydrogen) atoms. The van der Waals surface area contributed by atoms with E-state index in [1.165, 1.54) is 12.1 Å². The molecule has 2 aromatic carbocycles. The Balaban J connectivity index is 1.46. The number of aromatic nitrogens is 2. The van der Waals surface area contributed by atoms with Crippen LogP contribution in [0, 0.1) is 11.2 Å². The van der Waals surface area contributed by atoms with E-state index in [9.17, 15) is 14.3 Å². The molecular formula is C23H21ClFN3O3. The summed E-state index contributed by atoms with van der Waals surface area (Å²) < 4.78 is 21.2. The van der Waals surface area contributed by atoms with Crippen molar-refractivity contribution >= 4 is 17.5 Å². The highest BCUT2D eigenvalue weighted by Crippen LogP contribution is 2.62. The highest BCUT2D eigenvalue weighted by Gasteiger charge is 2.72. The molecule has 2 atom stereocenters. The topological polar surface area (TPSA) is 76.4 Å². The molecule has 2 fully saturated rings. The summed E-state index contributed by atoms with van der Waals surface area (Å²) in [5, 5.41) is 14.7. The van der Waals surface area contributed by atoms with Crippen molar-refractivity contribution in [3.8, 4) is 5.69 Å². The Hall–Kier alpha value is -2.74. The van der Waals surface area contributed by atoms with Gasteiger partial charge in [-0.15, -0.1) is 0 Å². The molecule has 160 valence electrons. The van der Waals surface area contributed by atoms with E-state index in [1.807, 2.05) is 30.3 Å². The van der Waals surface area contributed by atoms with Gasteiger partial charge in [-0.3, -0.25) is 4.79 Å². The fraction of sp³-hybridized carbons (Fsp3) is 0.304. The number of nitrogens with zero attached hydrogens (tertiary/aromatic N) is 2. The molecule has 0 radical (unpaired) electrons. The van der Waals surface area contributed by atoms with Crippen molar-refractivity contribution < 1.29 is 19.0 Å². The monoisotopic (exact) mass is 441 g/mol. The number of rotatable bonds is 6. The maximum absolute atomic E-state index is 13.6. The molecule has 2 heterocycles. The fourth-order valence-electron chi connectivity index (χ4n) is 4.43. The molecule has 2 aliphatic rings. The summed E-state index contributed by atoms with van der Waals surface area (Å²) in [6.45, 7) is 0.296. The summed E-state index contributed by atoms with van der Waals surface area (Å²) in [5.41, 5.74) is -0.790. The summed E-state index contributed by atoms with van der Waals surface area (Å²) in [4.78, 5) is 17.2. The fourth-order valence-corrected chi connectivity index (χ4v) is 4.60. The number of aliphatic hydroxyl groups is 1. The largest absolute Gasteiger partial charge is 0.384 e. The first-order valence-corrected chi connectivity index (χ1v) is 10.5. The van der Waals surface area contributed by atoms with Crippen LogP contribution >= 0.6 is 11.6 Å². The summed E-state index contributed by atoms with van der Waals surface area (Å²) in [6.07, 6.45) is 4.43. The van der Waals surface area contributed by atoms with E-state index in [0.717, 1.165) is 5.56 Å². The minimum Gasteiger partial charge on any atom is -0.384 e. The predicted octanol–water partition coefficient (Wildman–Crippen LogP) is 3.56. The van der Waals surface area contributed by atoms with Gasteiger partial charge in [-0.25, -0.2) is 9.37 Å². The summed E-state index contributed by atoms with van der Waals surface area (Å²) in [6, 6.07) is 13.2. The number of halogens is 2. The number of carbonyl (C=O) groups excluding carboxylic acids is 1. The van der Waals surface area contributed by atoms with Crippen molar-refractivity contribution in [3.05, 3.63) is 83.2 Å². The summed E-state index contributed by atoms with van der Waals surface area (Å²) in [7, 11) is 0. The van der Waals surface area contributed by atoms with E-state index < -0.39 is 22.9 Å². The summed E-state index contributed by atoms with van der Waals surface area (Å²) in [5.74, 6) is -0.287. The summed E-state index contributed by atoms with van der Waals surface area (Å²) >= 11 is 5.96. The van der Waals surface area contributed by atoms with Crippen molar-refractivity contribution in [2.45, 2.75) is 31.1 Å². The molecule has 2 N–H and O–H groups in total. The van der Waals surface area contributed by atoms with Crippen molar-refractivity contribution in [3.63, 3.8) is 0 Å². The molecule has 8 heteroatoms. The van der Waals surface area contributed by atoms with Crippen LogP contribution in [0.25, 0.3) is 5.69 Å². The average Bonchev–Trinajstić information content (AvgIpc) is 3.41. The van der Waals surface area contributed by atoms with Crippen LogP contribution in [0.1, 0.15) is 30.3 Å². The molecule has 1 aliphatic carbocycles. The normalized spacial score (nSPS) is 23.8. The smallest absolute Gasteiger partial charge is 0.230 e. The minimum atomic E-state index is -1.47. The first-order chi connectivity index (χ1) is 14.9. The lowest BCUT2D eigenvalue weighted by atomic mass is 9.82. The maximum Gasteiger partial charge on any atom is 0.230 e. The first kappa shape index (κ1) is 20.2. The van der Waals surface area contributed by atoms with Crippen LogP contribution in [0.15, 0.2) is 60.9 Å².